The molecule has 0 aromatic heterocycles. The summed E-state index contributed by atoms with van der Waals surface area (Å²) < 4.78 is 2.15. The van der Waals surface area contributed by atoms with Crippen LogP contribution in [-0.2, 0) is 0 Å². The van der Waals surface area contributed by atoms with Crippen molar-refractivity contribution in [3.05, 3.63) is 34.5 Å². The molecule has 0 saturated carbocycles. The molecule has 1 aliphatic rings. The maximum absolute atomic E-state index is 9.84. The van der Waals surface area contributed by atoms with E-state index < -0.39 is 5.66 Å². The van der Waals surface area contributed by atoms with Gasteiger partial charge in [-0.05, 0) is 12.5 Å². The van der Waals surface area contributed by atoms with Crippen molar-refractivity contribution in [3.8, 4) is 0 Å². The zero-order chi connectivity index (χ0) is 10.5. The smallest absolute Gasteiger partial charge is 0.284 e. The molecule has 2 rings (SSSR count). The summed E-state index contributed by atoms with van der Waals surface area (Å²) in [4.78, 5) is 0. The number of rotatable bonds is 0. The molecule has 1 aliphatic heterocycles. The van der Waals surface area contributed by atoms with Gasteiger partial charge >= 0.3 is 16.4 Å². The van der Waals surface area contributed by atoms with Gasteiger partial charge in [0.25, 0.3) is 0 Å². The summed E-state index contributed by atoms with van der Waals surface area (Å²) in [5, 5.41) is 20.9. The minimum atomic E-state index is -0.809. The highest BCUT2D eigenvalue weighted by atomic mass is 16.5. The van der Waals surface area contributed by atoms with Gasteiger partial charge in [0.15, 0.2) is 0 Å². The van der Waals surface area contributed by atoms with E-state index in [1.54, 1.807) is 19.9 Å². The Labute approximate surface area is 81.6 Å². The van der Waals surface area contributed by atoms with Crippen LogP contribution in [-0.4, -0.2) is 16.1 Å². The topological polar surface area (TPSA) is 46.5 Å². The molecule has 0 bridgehead atoms. The number of hydroxylamine groups is 2. The summed E-state index contributed by atoms with van der Waals surface area (Å²) in [5.74, 6) is 0. The Morgan fingerprint density at radius 3 is 2.29 bits per heavy atom. The van der Waals surface area contributed by atoms with Gasteiger partial charge in [0.2, 0.25) is 0 Å². The summed E-state index contributed by atoms with van der Waals surface area (Å²) in [6.07, 6.45) is 0. The highest BCUT2D eigenvalue weighted by Gasteiger charge is 2.51. The molecule has 74 valence electrons. The van der Waals surface area contributed by atoms with Gasteiger partial charge in [0.05, 0.1) is 23.3 Å². The molecule has 2 N–H and O–H groups in total. The van der Waals surface area contributed by atoms with Crippen molar-refractivity contribution in [3.63, 3.8) is 0 Å². The van der Waals surface area contributed by atoms with Crippen LogP contribution in [0.2, 0.25) is 0 Å². The van der Waals surface area contributed by atoms with Gasteiger partial charge < -0.3 is 0 Å². The molecule has 0 fully saturated rings. The molecule has 14 heavy (non-hydrogen) atoms. The van der Waals surface area contributed by atoms with Crippen LogP contribution < -0.4 is 20.2 Å². The van der Waals surface area contributed by atoms with Crippen LogP contribution in [0.25, 0.3) is 0 Å². The van der Waals surface area contributed by atoms with Crippen LogP contribution >= 0.6 is 0 Å². The average molecular weight is 194 g/mol. The summed E-state index contributed by atoms with van der Waals surface area (Å²) in [7, 11) is 0. The molecular weight excluding hydrogens is 180 g/mol. The van der Waals surface area contributed by atoms with Crippen molar-refractivity contribution >= 4 is 0 Å². The number of fused-ring (bicyclic) bond motifs is 1. The quantitative estimate of drug-likeness (QED) is 0.432. The predicted molar refractivity (Wildman–Crippen MR) is 50.6 cm³/mol. The summed E-state index contributed by atoms with van der Waals surface area (Å²) in [5.41, 5.74) is 0.241. The van der Waals surface area contributed by atoms with Crippen LogP contribution in [0.3, 0.4) is 0 Å². The van der Waals surface area contributed by atoms with Crippen LogP contribution in [0.4, 0.5) is 0 Å². The summed E-state index contributed by atoms with van der Waals surface area (Å²) in [6.45, 7) is 5.42. The van der Waals surface area contributed by atoms with Crippen LogP contribution in [0.1, 0.15) is 19.4 Å². The maximum atomic E-state index is 9.84. The molecule has 1 heterocycles. The van der Waals surface area contributed by atoms with E-state index in [2.05, 4.69) is 0 Å². The Kier molecular flexibility index (Phi) is 1.58. The normalized spacial score (nSPS) is 18.5. The van der Waals surface area contributed by atoms with Gasteiger partial charge in [0, 0.05) is 12.1 Å². The lowest BCUT2D eigenvalue weighted by atomic mass is 10.2. The van der Waals surface area contributed by atoms with E-state index in [0.29, 0.717) is 10.7 Å². The number of hydrogen-bond acceptors (Lipinski definition) is 2. The second-order valence-electron chi connectivity index (χ2n) is 4.11. The molecule has 0 saturated heterocycles. The minimum Gasteiger partial charge on any atom is -0.284 e. The third kappa shape index (κ3) is 0.937. The summed E-state index contributed by atoms with van der Waals surface area (Å²) in [6, 6.07) is 5.53. The predicted octanol–water partition coefficient (Wildman–Crippen LogP) is -0.495. The molecule has 0 unspecified atom stereocenters. The first-order valence-electron chi connectivity index (χ1n) is 4.53. The molecule has 4 nitrogen and oxygen atoms in total. The van der Waals surface area contributed by atoms with Gasteiger partial charge in [-0.25, -0.2) is 0 Å². The molecule has 4 heteroatoms. The molecular formula is C10H14N2O2+2. The lowest BCUT2D eigenvalue weighted by molar-refractivity contribution is -0.0808. The number of benzene rings is 1. The van der Waals surface area contributed by atoms with Crippen molar-refractivity contribution in [2.45, 2.75) is 26.4 Å². The third-order valence-electron chi connectivity index (χ3n) is 2.62. The van der Waals surface area contributed by atoms with Gasteiger partial charge in [-0.2, -0.15) is 0 Å². The van der Waals surface area contributed by atoms with E-state index in [-0.39, 0.29) is 0 Å². The molecule has 0 spiro atoms. The van der Waals surface area contributed by atoms with Gasteiger partial charge in [0.1, 0.15) is 0 Å². The Bertz CT molecular complexity index is 517. The first-order valence-corrected chi connectivity index (χ1v) is 4.53. The first kappa shape index (κ1) is 8.99. The second-order valence-corrected chi connectivity index (χ2v) is 4.11. The van der Waals surface area contributed by atoms with Gasteiger partial charge in [-0.1, -0.05) is 6.07 Å². The van der Waals surface area contributed by atoms with E-state index in [0.717, 1.165) is 15.0 Å². The van der Waals surface area contributed by atoms with E-state index in [9.17, 15) is 10.4 Å². The molecule has 0 radical (unpaired) electrons. The van der Waals surface area contributed by atoms with E-state index >= 15 is 0 Å². The zero-order valence-corrected chi connectivity index (χ0v) is 8.52. The second kappa shape index (κ2) is 2.47. The first-order chi connectivity index (χ1) is 6.44. The van der Waals surface area contributed by atoms with Crippen molar-refractivity contribution in [2.75, 3.05) is 0 Å². The Morgan fingerprint density at radius 2 is 1.64 bits per heavy atom. The number of hydrogen-bond donors (Lipinski definition) is 2. The minimum absolute atomic E-state index is 0.628. The third-order valence-corrected chi connectivity index (χ3v) is 2.62. The van der Waals surface area contributed by atoms with E-state index in [1.165, 1.54) is 0 Å². The molecule has 0 amide bonds. The average Bonchev–Trinajstić information content (AvgIpc) is 2.29. The van der Waals surface area contributed by atoms with Crippen molar-refractivity contribution < 1.29 is 10.4 Å². The summed E-state index contributed by atoms with van der Waals surface area (Å²) >= 11 is 0. The fraction of sp³-hybridized carbons (Fsp3) is 0.400. The standard InChI is InChI=1S/C10H14N2O2/c1-7-4-5-8-9(6-7)12(14)10(2,3)11(8)13/h4-6,13-14H,1-3H3/q+2. The Balaban J connectivity index is 2.97. The van der Waals surface area contributed by atoms with Crippen molar-refractivity contribution in [1.82, 2.24) is 9.48 Å². The van der Waals surface area contributed by atoms with Gasteiger partial charge in [-0.3, -0.25) is 10.4 Å². The highest BCUT2D eigenvalue weighted by molar-refractivity contribution is 5.14. The van der Waals surface area contributed by atoms with E-state index in [4.69, 9.17) is 0 Å². The fourth-order valence-corrected chi connectivity index (χ4v) is 1.66. The lowest BCUT2D eigenvalue weighted by Crippen LogP contribution is -2.48. The molecule has 0 atom stereocenters. The van der Waals surface area contributed by atoms with Crippen molar-refractivity contribution in [2.24, 2.45) is 0 Å². The largest absolute Gasteiger partial charge is 0.436 e. The Morgan fingerprint density at radius 1 is 1.07 bits per heavy atom. The van der Waals surface area contributed by atoms with Crippen LogP contribution in [0, 0.1) is 6.92 Å². The SMILES string of the molecule is Cc1ccc2c(c1)=[N+](O)C(C)(C)[N+]=2O. The molecule has 1 aromatic rings. The Hall–Kier alpha value is -1.58. The van der Waals surface area contributed by atoms with Gasteiger partial charge in [-0.15, -0.1) is 0 Å². The molecule has 1 aromatic carbocycles. The fourth-order valence-electron chi connectivity index (χ4n) is 1.66. The molecule has 0 aliphatic carbocycles. The monoisotopic (exact) mass is 194 g/mol. The van der Waals surface area contributed by atoms with E-state index in [1.807, 2.05) is 19.1 Å². The maximum Gasteiger partial charge on any atom is 0.436 e. The number of aryl methyl sites for hydroxylation is 1. The lowest BCUT2D eigenvalue weighted by Gasteiger charge is -2.02. The van der Waals surface area contributed by atoms with Crippen molar-refractivity contribution in [1.29, 1.82) is 0 Å². The van der Waals surface area contributed by atoms with Crippen LogP contribution in [0.5, 0.6) is 0 Å². The zero-order valence-electron chi connectivity index (χ0n) is 8.52. The highest BCUT2D eigenvalue weighted by Crippen LogP contribution is 2.03. The number of nitrogens with zero attached hydrogens (tertiary/aromatic N) is 2. The van der Waals surface area contributed by atoms with Crippen LogP contribution in [0.15, 0.2) is 18.2 Å².